The third-order valence-electron chi connectivity index (χ3n) is 9.44. The normalized spacial score (nSPS) is 20.9. The summed E-state index contributed by atoms with van der Waals surface area (Å²) in [6, 6.07) is 9.54. The smallest absolute Gasteiger partial charge is 0.419 e. The average molecular weight is 624 g/mol. The van der Waals surface area contributed by atoms with Crippen LogP contribution in [0, 0.1) is 12.3 Å². The fourth-order valence-corrected chi connectivity index (χ4v) is 7.28. The molecular formula is C35H43F2N3O5. The molecule has 1 spiro atoms. The van der Waals surface area contributed by atoms with Gasteiger partial charge in [0.1, 0.15) is 11.4 Å². The third-order valence-corrected chi connectivity index (χ3v) is 9.44. The maximum absolute atomic E-state index is 14.3. The Morgan fingerprint density at radius 2 is 1.82 bits per heavy atom. The van der Waals surface area contributed by atoms with Crippen LogP contribution in [-0.2, 0) is 16.0 Å². The first kappa shape index (κ1) is 31.3. The first-order valence-corrected chi connectivity index (χ1v) is 15.7. The lowest BCUT2D eigenvalue weighted by atomic mass is 9.58. The van der Waals surface area contributed by atoms with Gasteiger partial charge in [0.25, 0.3) is 0 Å². The number of aryl methyl sites for hydroxylation is 1. The number of hydrogen-bond donors (Lipinski definition) is 1. The van der Waals surface area contributed by atoms with Crippen molar-refractivity contribution in [3.63, 3.8) is 0 Å². The lowest BCUT2D eigenvalue weighted by Crippen LogP contribution is -2.53. The first-order valence-electron chi connectivity index (χ1n) is 15.7. The molecule has 3 fully saturated rings. The maximum atomic E-state index is 14.3. The number of piperidine rings is 1. The molecule has 2 heterocycles. The molecule has 8 nitrogen and oxygen atoms in total. The Bertz CT molecular complexity index is 1630. The minimum Gasteiger partial charge on any atom is -0.496 e. The van der Waals surface area contributed by atoms with Crippen LogP contribution in [-0.4, -0.2) is 59.9 Å². The highest BCUT2D eigenvalue weighted by Gasteiger charge is 2.58. The first-order chi connectivity index (χ1) is 21.2. The van der Waals surface area contributed by atoms with Crippen LogP contribution in [0.4, 0.5) is 19.3 Å². The van der Waals surface area contributed by atoms with E-state index in [2.05, 4.69) is 10.2 Å². The molecule has 2 aliphatic carbocycles. The topological polar surface area (TPSA) is 82.0 Å². The van der Waals surface area contributed by atoms with Crippen LogP contribution in [0.3, 0.4) is 0 Å². The molecule has 1 saturated heterocycles. The number of alkyl halides is 2. The van der Waals surface area contributed by atoms with E-state index in [-0.39, 0.29) is 18.9 Å². The molecule has 3 aromatic rings. The van der Waals surface area contributed by atoms with Gasteiger partial charge in [0.2, 0.25) is 5.92 Å². The van der Waals surface area contributed by atoms with E-state index in [9.17, 15) is 18.4 Å². The third kappa shape index (κ3) is 6.26. The highest BCUT2D eigenvalue weighted by molar-refractivity contribution is 5.95. The molecule has 0 amide bonds. The zero-order valence-electron chi connectivity index (χ0n) is 27.0. The number of rotatable bonds is 7. The molecule has 2 aromatic carbocycles. The van der Waals surface area contributed by atoms with Gasteiger partial charge in [-0.2, -0.15) is 0 Å². The van der Waals surface area contributed by atoms with Crippen LogP contribution in [0.15, 0.2) is 36.5 Å². The summed E-state index contributed by atoms with van der Waals surface area (Å²) in [5.74, 6) is -2.35. The molecule has 10 heteroatoms. The lowest BCUT2D eigenvalue weighted by Gasteiger charge is -2.55. The molecule has 3 aliphatic rings. The molecule has 1 N–H and O–H groups in total. The van der Waals surface area contributed by atoms with Gasteiger partial charge in [-0.15, -0.1) is 0 Å². The Hall–Kier alpha value is -3.66. The number of carbonyl (C=O) groups excluding carboxylic acids is 2. The molecular weight excluding hydrogens is 580 g/mol. The number of benzene rings is 2. The molecule has 45 heavy (non-hydrogen) atoms. The van der Waals surface area contributed by atoms with Crippen LogP contribution in [0.25, 0.3) is 10.9 Å². The van der Waals surface area contributed by atoms with Gasteiger partial charge in [-0.3, -0.25) is 9.47 Å². The minimum absolute atomic E-state index is 0.104. The Morgan fingerprint density at radius 3 is 2.44 bits per heavy atom. The molecule has 242 valence electrons. The van der Waals surface area contributed by atoms with Crippen molar-refractivity contribution < 1.29 is 32.6 Å². The van der Waals surface area contributed by atoms with Crippen LogP contribution in [0.1, 0.15) is 92.4 Å². The average Bonchev–Trinajstić information content (AvgIpc) is 3.65. The Morgan fingerprint density at radius 1 is 1.09 bits per heavy atom. The lowest BCUT2D eigenvalue weighted by molar-refractivity contribution is -0.186. The predicted molar refractivity (Wildman–Crippen MR) is 168 cm³/mol. The van der Waals surface area contributed by atoms with Crippen molar-refractivity contribution in [3.8, 4) is 5.75 Å². The number of esters is 1. The van der Waals surface area contributed by atoms with Crippen molar-refractivity contribution in [3.05, 3.63) is 58.8 Å². The Balaban J connectivity index is 1.41. The largest absolute Gasteiger partial charge is 0.496 e. The summed E-state index contributed by atoms with van der Waals surface area (Å²) in [6.45, 7) is 8.55. The van der Waals surface area contributed by atoms with Crippen molar-refractivity contribution in [2.24, 2.45) is 5.41 Å². The molecule has 6 rings (SSSR count). The van der Waals surface area contributed by atoms with Gasteiger partial charge in [-0.1, -0.05) is 6.07 Å². The monoisotopic (exact) mass is 623 g/mol. The number of aromatic nitrogens is 1. The number of likely N-dealkylation sites (tertiary alicyclic amines) is 1. The number of carbonyl (C=O) groups is 2. The quantitative estimate of drug-likeness (QED) is 0.269. The number of nitrogens with zero attached hydrogens (tertiary/aromatic N) is 2. The zero-order chi connectivity index (χ0) is 32.3. The van der Waals surface area contributed by atoms with E-state index in [1.807, 2.05) is 52.0 Å². The van der Waals surface area contributed by atoms with Crippen molar-refractivity contribution in [2.75, 3.05) is 26.1 Å². The standard InChI is InChI=1S/C35H43F2N3O5/c1-21-15-29(43-5)26(24-11-13-40(30(21)24)32(42)45-33(2,3)4)18-39-14-12-34(19-35(36,37)20-34)17-28(39)25-10-7-22(31(41)44-6)16-27(25)38-23-8-9-23/h7,10-11,13,15-16,23,28,38H,8-9,12,14,17-20H2,1-6H3/t28-/m1/s1. The van der Waals surface area contributed by atoms with E-state index in [0.717, 1.165) is 46.1 Å². The van der Waals surface area contributed by atoms with E-state index in [0.29, 0.717) is 43.3 Å². The number of nitrogens with one attached hydrogen (secondary N) is 1. The number of ether oxygens (including phenoxy) is 3. The van der Waals surface area contributed by atoms with Crippen LogP contribution >= 0.6 is 0 Å². The van der Waals surface area contributed by atoms with Crippen molar-refractivity contribution in [2.45, 2.75) is 96.4 Å². The molecule has 1 aromatic heterocycles. The zero-order valence-corrected chi connectivity index (χ0v) is 27.0. The predicted octanol–water partition coefficient (Wildman–Crippen LogP) is 7.86. The van der Waals surface area contributed by atoms with Gasteiger partial charge in [-0.05, 0) is 101 Å². The molecule has 1 aliphatic heterocycles. The molecule has 2 saturated carbocycles. The van der Waals surface area contributed by atoms with Gasteiger partial charge in [0.15, 0.2) is 0 Å². The van der Waals surface area contributed by atoms with E-state index < -0.39 is 29.0 Å². The Kier molecular flexibility index (Phi) is 7.86. The summed E-state index contributed by atoms with van der Waals surface area (Å²) in [6.07, 6.45) is 4.40. The van der Waals surface area contributed by atoms with Gasteiger partial charge in [0, 0.05) is 54.3 Å². The van der Waals surface area contributed by atoms with Crippen molar-refractivity contribution >= 4 is 28.7 Å². The fraction of sp³-hybridized carbons (Fsp3) is 0.543. The van der Waals surface area contributed by atoms with E-state index in [1.165, 1.54) is 7.11 Å². The second-order valence-electron chi connectivity index (χ2n) is 14.2. The molecule has 0 radical (unpaired) electrons. The van der Waals surface area contributed by atoms with Crippen molar-refractivity contribution in [1.29, 1.82) is 0 Å². The maximum Gasteiger partial charge on any atom is 0.419 e. The number of anilines is 1. The second-order valence-corrected chi connectivity index (χ2v) is 14.2. The highest BCUT2D eigenvalue weighted by Crippen LogP contribution is 2.61. The Labute approximate surface area is 263 Å². The summed E-state index contributed by atoms with van der Waals surface area (Å²) in [5, 5.41) is 4.48. The van der Waals surface area contributed by atoms with Crippen LogP contribution in [0.2, 0.25) is 0 Å². The fourth-order valence-electron chi connectivity index (χ4n) is 7.28. The number of hydrogen-bond acceptors (Lipinski definition) is 7. The number of methoxy groups -OCH3 is 2. The van der Waals surface area contributed by atoms with E-state index in [1.54, 1.807) is 23.9 Å². The number of fused-ring (bicyclic) bond motifs is 1. The van der Waals surface area contributed by atoms with Gasteiger partial charge >= 0.3 is 12.1 Å². The summed E-state index contributed by atoms with van der Waals surface area (Å²) in [4.78, 5) is 28.0. The molecule has 1 atom stereocenters. The summed E-state index contributed by atoms with van der Waals surface area (Å²) >= 11 is 0. The van der Waals surface area contributed by atoms with E-state index >= 15 is 0 Å². The molecule has 0 bridgehead atoms. The molecule has 0 unspecified atom stereocenters. The summed E-state index contributed by atoms with van der Waals surface area (Å²) < 4.78 is 46.8. The van der Waals surface area contributed by atoms with Crippen molar-refractivity contribution in [1.82, 2.24) is 9.47 Å². The second kappa shape index (κ2) is 11.3. The van der Waals surface area contributed by atoms with Gasteiger partial charge < -0.3 is 19.5 Å². The minimum atomic E-state index is -2.63. The van der Waals surface area contributed by atoms with Crippen LogP contribution < -0.4 is 10.1 Å². The highest BCUT2D eigenvalue weighted by atomic mass is 19.3. The SMILES string of the molecule is COC(=O)c1ccc([C@H]2CC3(CCN2Cc2c(OC)cc(C)c4c2ccn4C(=O)OC(C)(C)C)CC(F)(F)C3)c(NC2CC2)c1. The van der Waals surface area contributed by atoms with Crippen LogP contribution in [0.5, 0.6) is 5.75 Å². The van der Waals surface area contributed by atoms with Gasteiger partial charge in [0.05, 0.1) is 25.3 Å². The van der Waals surface area contributed by atoms with Gasteiger partial charge in [-0.25, -0.2) is 18.4 Å². The van der Waals surface area contributed by atoms with E-state index in [4.69, 9.17) is 14.2 Å². The summed E-state index contributed by atoms with van der Waals surface area (Å²) in [7, 11) is 3.00. The number of halogens is 2. The summed E-state index contributed by atoms with van der Waals surface area (Å²) in [5.41, 5.74) is 3.74.